The summed E-state index contributed by atoms with van der Waals surface area (Å²) in [6, 6.07) is 15.4. The lowest BCUT2D eigenvalue weighted by Gasteiger charge is -2.15. The highest BCUT2D eigenvalue weighted by Crippen LogP contribution is 2.39. The molecule has 0 saturated carbocycles. The Morgan fingerprint density at radius 2 is 1.61 bits per heavy atom. The van der Waals surface area contributed by atoms with E-state index >= 15 is 0 Å². The Kier molecular flexibility index (Phi) is 17.6. The number of H-pyrrole nitrogens is 1. The average Bonchev–Trinajstić information content (AvgIpc) is 3.21. The van der Waals surface area contributed by atoms with Crippen LogP contribution in [0.4, 0.5) is 30.5 Å². The highest BCUT2D eigenvalue weighted by atomic mass is 31.2. The summed E-state index contributed by atoms with van der Waals surface area (Å²) in [4.78, 5) is 72.9. The SMILES string of the molecule is CCOP(OCC)OCCc1ccc(OC(=O)c2ccc(C(F)(F)F)cc2NC(=O)CCCC(=O)O)cc1.NC(=O)c1ccc(NCc2cnc3nc(N)[nH]c(=O)c3n2)cc1. The number of ether oxygens (including phenoxy) is 1. The van der Waals surface area contributed by atoms with E-state index in [0.29, 0.717) is 56.2 Å². The smallest absolute Gasteiger partial charge is 0.416 e. The number of primary amides is 1. The van der Waals surface area contributed by atoms with Crippen molar-refractivity contribution in [2.24, 2.45) is 5.73 Å². The number of benzene rings is 3. The van der Waals surface area contributed by atoms with Gasteiger partial charge in [-0.15, -0.1) is 0 Å². The molecule has 22 heteroatoms. The molecule has 2 heterocycles. The zero-order valence-electron chi connectivity index (χ0n) is 32.8. The Labute approximate surface area is 347 Å². The van der Waals surface area contributed by atoms with E-state index in [9.17, 15) is 37.1 Å². The molecule has 324 valence electrons. The second kappa shape index (κ2) is 22.7. The Hall–Kier alpha value is -6.54. The van der Waals surface area contributed by atoms with Gasteiger partial charge in [0.2, 0.25) is 17.8 Å². The van der Waals surface area contributed by atoms with E-state index < -0.39 is 49.7 Å². The summed E-state index contributed by atoms with van der Waals surface area (Å²) >= 11 is 0. The number of esters is 1. The summed E-state index contributed by atoms with van der Waals surface area (Å²) in [7, 11) is -1.42. The molecule has 61 heavy (non-hydrogen) atoms. The number of amides is 2. The Morgan fingerprint density at radius 3 is 2.23 bits per heavy atom. The molecule has 8 N–H and O–H groups in total. The fourth-order valence-electron chi connectivity index (χ4n) is 5.06. The molecule has 0 bridgehead atoms. The van der Waals surface area contributed by atoms with Crippen molar-refractivity contribution in [2.75, 3.05) is 36.2 Å². The summed E-state index contributed by atoms with van der Waals surface area (Å²) in [6.45, 7) is 5.28. The summed E-state index contributed by atoms with van der Waals surface area (Å²) in [5.41, 5.74) is 11.4. The highest BCUT2D eigenvalue weighted by Gasteiger charge is 2.32. The molecule has 0 fully saturated rings. The van der Waals surface area contributed by atoms with Gasteiger partial charge in [-0.05, 0) is 86.8 Å². The van der Waals surface area contributed by atoms with E-state index in [1.54, 1.807) is 36.4 Å². The minimum atomic E-state index is -4.71. The van der Waals surface area contributed by atoms with Crippen LogP contribution in [0, 0.1) is 0 Å². The first-order valence-corrected chi connectivity index (χ1v) is 19.5. The molecule has 0 atom stereocenters. The molecular formula is C39H42F3N8O10P. The van der Waals surface area contributed by atoms with Crippen LogP contribution in [0.25, 0.3) is 11.2 Å². The minimum absolute atomic E-state index is 0.00258. The molecule has 3 aromatic carbocycles. The van der Waals surface area contributed by atoms with Crippen molar-refractivity contribution in [3.05, 3.63) is 111 Å². The molecule has 0 saturated heterocycles. The largest absolute Gasteiger partial charge is 0.481 e. The van der Waals surface area contributed by atoms with Crippen LogP contribution in [0.3, 0.4) is 0 Å². The molecular weight excluding hydrogens is 828 g/mol. The summed E-state index contributed by atoms with van der Waals surface area (Å²) in [5.74, 6) is -3.16. The van der Waals surface area contributed by atoms with Crippen LogP contribution in [0.5, 0.6) is 5.75 Å². The number of hydrogen-bond donors (Lipinski definition) is 6. The topological polar surface area (TPSA) is 273 Å². The second-order valence-electron chi connectivity index (χ2n) is 12.5. The predicted molar refractivity (Wildman–Crippen MR) is 217 cm³/mol. The van der Waals surface area contributed by atoms with E-state index in [1.807, 2.05) is 13.8 Å². The van der Waals surface area contributed by atoms with Gasteiger partial charge in [-0.3, -0.25) is 24.2 Å². The quantitative estimate of drug-likeness (QED) is 0.0316. The van der Waals surface area contributed by atoms with Crippen LogP contribution in [-0.4, -0.2) is 68.6 Å². The molecule has 0 aliphatic rings. The van der Waals surface area contributed by atoms with Crippen molar-refractivity contribution in [3.8, 4) is 5.75 Å². The van der Waals surface area contributed by atoms with Gasteiger partial charge in [0.05, 0.1) is 55.1 Å². The first kappa shape index (κ1) is 47.1. The number of anilines is 3. The van der Waals surface area contributed by atoms with Gasteiger partial charge in [0.1, 0.15) is 5.75 Å². The fraction of sp³-hybridized carbons (Fsp3) is 0.282. The van der Waals surface area contributed by atoms with Gasteiger partial charge in [-0.2, -0.15) is 18.2 Å². The van der Waals surface area contributed by atoms with Crippen LogP contribution in [-0.2, 0) is 42.3 Å². The van der Waals surface area contributed by atoms with Gasteiger partial charge in [0.15, 0.2) is 11.2 Å². The normalized spacial score (nSPS) is 11.1. The molecule has 2 aromatic heterocycles. The zero-order valence-corrected chi connectivity index (χ0v) is 33.7. The van der Waals surface area contributed by atoms with Gasteiger partial charge in [-0.1, -0.05) is 12.1 Å². The van der Waals surface area contributed by atoms with Crippen molar-refractivity contribution in [1.82, 2.24) is 19.9 Å². The third-order valence-electron chi connectivity index (χ3n) is 7.95. The van der Waals surface area contributed by atoms with E-state index in [2.05, 4.69) is 30.6 Å². The minimum Gasteiger partial charge on any atom is -0.481 e. The number of carbonyl (C=O) groups is 4. The molecule has 2 amide bonds. The number of halogens is 3. The maximum absolute atomic E-state index is 13.2. The number of aliphatic carboxylic acids is 1. The van der Waals surface area contributed by atoms with Crippen LogP contribution in [0.1, 0.15) is 70.6 Å². The van der Waals surface area contributed by atoms with Crippen LogP contribution in [0.15, 0.2) is 77.7 Å². The summed E-state index contributed by atoms with van der Waals surface area (Å²) in [5, 5.41) is 14.1. The third-order valence-corrected chi connectivity index (χ3v) is 9.29. The van der Waals surface area contributed by atoms with Crippen molar-refractivity contribution < 1.29 is 55.8 Å². The predicted octanol–water partition coefficient (Wildman–Crippen LogP) is 5.98. The second-order valence-corrected chi connectivity index (χ2v) is 13.7. The number of carboxylic acids is 1. The third kappa shape index (κ3) is 15.2. The first-order valence-electron chi connectivity index (χ1n) is 18.4. The molecule has 5 rings (SSSR count). The number of fused-ring (bicyclic) bond motifs is 1. The van der Waals surface area contributed by atoms with Gasteiger partial charge in [0.25, 0.3) is 5.56 Å². The summed E-state index contributed by atoms with van der Waals surface area (Å²) < 4.78 is 61.2. The average molecular weight is 871 g/mol. The highest BCUT2D eigenvalue weighted by molar-refractivity contribution is 7.41. The van der Waals surface area contributed by atoms with Crippen molar-refractivity contribution in [2.45, 2.75) is 52.3 Å². The lowest BCUT2D eigenvalue weighted by molar-refractivity contribution is -0.138. The molecule has 5 aromatic rings. The number of rotatable bonds is 19. The lowest BCUT2D eigenvalue weighted by atomic mass is 10.1. The van der Waals surface area contributed by atoms with E-state index in [0.717, 1.165) is 17.3 Å². The molecule has 0 aliphatic heterocycles. The van der Waals surface area contributed by atoms with E-state index in [-0.39, 0.29) is 53.4 Å². The molecule has 0 aliphatic carbocycles. The number of alkyl halides is 3. The summed E-state index contributed by atoms with van der Waals surface area (Å²) in [6.07, 6.45) is -3.22. The van der Waals surface area contributed by atoms with Crippen molar-refractivity contribution in [1.29, 1.82) is 0 Å². The number of nitrogens with zero attached hydrogens (tertiary/aromatic N) is 3. The van der Waals surface area contributed by atoms with Crippen LogP contribution in [0.2, 0.25) is 0 Å². The maximum Gasteiger partial charge on any atom is 0.416 e. The Bertz CT molecular complexity index is 2340. The zero-order chi connectivity index (χ0) is 44.5. The molecule has 0 unspecified atom stereocenters. The molecule has 18 nitrogen and oxygen atoms in total. The standard InChI is InChI=1S/C25H29F3NO8P.C14H13N7O2/c1-3-34-38(35-4-2)36-15-14-17-8-11-19(12-9-17)37-24(33)20-13-10-18(25(26,27)28)16-21(20)29-22(30)6-5-7-23(31)32;15-11(22)7-1-3-8(4-2-7)17-5-9-6-18-12-10(19-9)13(23)21-14(16)20-12/h8-13,16H,3-7,14-15H2,1-2H3,(H,29,30)(H,31,32);1-4,6,17H,5H2,(H2,15,22)(H3,16,18,20,21,23). The maximum atomic E-state index is 13.2. The number of carboxylic acid groups (broad SMARTS) is 1. The fourth-order valence-corrected chi connectivity index (χ4v) is 5.95. The number of aromatic amines is 1. The Balaban J connectivity index is 0.000000301. The number of nitrogens with two attached hydrogens (primary N) is 2. The molecule has 0 spiro atoms. The first-order chi connectivity index (χ1) is 29.1. The number of aromatic nitrogens is 4. The number of nitrogen functional groups attached to an aromatic ring is 1. The monoisotopic (exact) mass is 870 g/mol. The van der Waals surface area contributed by atoms with Crippen LogP contribution >= 0.6 is 8.60 Å². The number of hydrogen-bond acceptors (Lipinski definition) is 14. The van der Waals surface area contributed by atoms with Gasteiger partial charge in [0, 0.05) is 24.1 Å². The lowest BCUT2D eigenvalue weighted by Crippen LogP contribution is -2.18. The van der Waals surface area contributed by atoms with Gasteiger partial charge >= 0.3 is 26.7 Å². The number of carbonyl (C=O) groups excluding carboxylic acids is 3. The molecule has 0 radical (unpaired) electrons. The van der Waals surface area contributed by atoms with Crippen molar-refractivity contribution >= 4 is 60.8 Å². The van der Waals surface area contributed by atoms with Gasteiger partial charge < -0.3 is 45.5 Å². The number of nitrogens with one attached hydrogen (secondary N) is 3. The van der Waals surface area contributed by atoms with Gasteiger partial charge in [-0.25, -0.2) is 14.8 Å². The van der Waals surface area contributed by atoms with E-state index in [4.69, 9.17) is 34.9 Å². The van der Waals surface area contributed by atoms with Crippen LogP contribution < -0.4 is 32.4 Å². The Morgan fingerprint density at radius 1 is 0.918 bits per heavy atom. The van der Waals surface area contributed by atoms with Crippen molar-refractivity contribution in [3.63, 3.8) is 0 Å². The van der Waals surface area contributed by atoms with E-state index in [1.165, 1.54) is 18.3 Å².